The molecule has 1 aromatic carbocycles. The molecule has 2 rings (SSSR count). The second kappa shape index (κ2) is 5.69. The molecule has 104 valence electrons. The zero-order chi connectivity index (χ0) is 14.7. The summed E-state index contributed by atoms with van der Waals surface area (Å²) in [6.07, 6.45) is 2.83. The van der Waals surface area contributed by atoms with Crippen LogP contribution in [-0.2, 0) is 6.42 Å². The lowest BCUT2D eigenvalue weighted by atomic mass is 10.1. The monoisotopic (exact) mass is 272 g/mol. The summed E-state index contributed by atoms with van der Waals surface area (Å²) in [6.45, 7) is 3.33. The summed E-state index contributed by atoms with van der Waals surface area (Å²) < 4.78 is 1.03. The molecule has 0 atom stereocenters. The first kappa shape index (κ1) is 14.0. The standard InChI is InChI=1S/C15H16N2O3/c1-3-6-11-7-4-5-8-13(11)17-14(19)12(10(2)18)9-16-15(17)20/h4-5,7-9H,3,6H2,1-2H3,(H,16,20). The molecule has 0 saturated carbocycles. The van der Waals surface area contributed by atoms with Crippen LogP contribution in [0.4, 0.5) is 0 Å². The van der Waals surface area contributed by atoms with E-state index in [2.05, 4.69) is 4.98 Å². The van der Waals surface area contributed by atoms with E-state index in [1.54, 1.807) is 12.1 Å². The molecule has 20 heavy (non-hydrogen) atoms. The van der Waals surface area contributed by atoms with Gasteiger partial charge in [0, 0.05) is 6.20 Å². The van der Waals surface area contributed by atoms with E-state index in [1.807, 2.05) is 19.1 Å². The van der Waals surface area contributed by atoms with E-state index in [1.165, 1.54) is 13.1 Å². The third-order valence-electron chi connectivity index (χ3n) is 3.11. The van der Waals surface area contributed by atoms with Gasteiger partial charge in [0.15, 0.2) is 5.78 Å². The Morgan fingerprint density at radius 2 is 1.95 bits per heavy atom. The molecule has 0 fully saturated rings. The Morgan fingerprint density at radius 1 is 1.25 bits per heavy atom. The van der Waals surface area contributed by atoms with Crippen molar-refractivity contribution in [3.63, 3.8) is 0 Å². The Labute approximate surface area is 115 Å². The lowest BCUT2D eigenvalue weighted by molar-refractivity contribution is 0.101. The van der Waals surface area contributed by atoms with Crippen LogP contribution in [0.2, 0.25) is 0 Å². The number of nitrogens with one attached hydrogen (secondary N) is 1. The van der Waals surface area contributed by atoms with Crippen molar-refractivity contribution >= 4 is 5.78 Å². The van der Waals surface area contributed by atoms with E-state index < -0.39 is 11.2 Å². The molecule has 5 heteroatoms. The van der Waals surface area contributed by atoms with Crippen LogP contribution in [0.3, 0.4) is 0 Å². The molecule has 0 aliphatic rings. The first-order valence-corrected chi connectivity index (χ1v) is 6.50. The molecule has 0 spiro atoms. The second-order valence-corrected chi connectivity index (χ2v) is 4.58. The van der Waals surface area contributed by atoms with Crippen LogP contribution in [0.1, 0.15) is 36.2 Å². The molecule has 0 amide bonds. The average Bonchev–Trinajstić information content (AvgIpc) is 2.40. The average molecular weight is 272 g/mol. The molecule has 5 nitrogen and oxygen atoms in total. The molecule has 1 aromatic heterocycles. The fraction of sp³-hybridized carbons (Fsp3) is 0.267. The number of ketones is 1. The van der Waals surface area contributed by atoms with Crippen LogP contribution in [0.25, 0.3) is 5.69 Å². The number of aryl methyl sites for hydroxylation is 1. The summed E-state index contributed by atoms with van der Waals surface area (Å²) >= 11 is 0. The summed E-state index contributed by atoms with van der Waals surface area (Å²) in [6, 6.07) is 7.22. The second-order valence-electron chi connectivity index (χ2n) is 4.58. The van der Waals surface area contributed by atoms with Gasteiger partial charge in [-0.2, -0.15) is 0 Å². The summed E-state index contributed by atoms with van der Waals surface area (Å²) in [7, 11) is 0. The van der Waals surface area contributed by atoms with Gasteiger partial charge in [0.25, 0.3) is 5.56 Å². The summed E-state index contributed by atoms with van der Waals surface area (Å²) in [5.41, 5.74) is 0.302. The fourth-order valence-electron chi connectivity index (χ4n) is 2.15. The molecule has 0 radical (unpaired) electrons. The van der Waals surface area contributed by atoms with Gasteiger partial charge in [0.05, 0.1) is 11.3 Å². The summed E-state index contributed by atoms with van der Waals surface area (Å²) in [5.74, 6) is -0.368. The van der Waals surface area contributed by atoms with E-state index >= 15 is 0 Å². The number of Topliss-reactive ketones (excluding diaryl/α,β-unsaturated/α-hetero) is 1. The molecule has 0 unspecified atom stereocenters. The molecule has 2 aromatic rings. The third-order valence-corrected chi connectivity index (χ3v) is 3.11. The number of hydrogen-bond acceptors (Lipinski definition) is 3. The van der Waals surface area contributed by atoms with Crippen molar-refractivity contribution in [3.05, 3.63) is 62.4 Å². The van der Waals surface area contributed by atoms with Crippen molar-refractivity contribution in [1.82, 2.24) is 9.55 Å². The van der Waals surface area contributed by atoms with Crippen LogP contribution in [0.15, 0.2) is 40.1 Å². The topological polar surface area (TPSA) is 71.9 Å². The fourth-order valence-corrected chi connectivity index (χ4v) is 2.15. The molecule has 0 aliphatic carbocycles. The van der Waals surface area contributed by atoms with Crippen LogP contribution in [0.5, 0.6) is 0 Å². The zero-order valence-corrected chi connectivity index (χ0v) is 11.5. The highest BCUT2D eigenvalue weighted by atomic mass is 16.2. The number of para-hydroxylation sites is 1. The quantitative estimate of drug-likeness (QED) is 0.861. The number of H-pyrrole nitrogens is 1. The molecule has 0 saturated heterocycles. The van der Waals surface area contributed by atoms with Crippen molar-refractivity contribution in [2.45, 2.75) is 26.7 Å². The van der Waals surface area contributed by atoms with Crippen molar-refractivity contribution in [3.8, 4) is 5.69 Å². The third kappa shape index (κ3) is 2.47. The van der Waals surface area contributed by atoms with E-state index in [9.17, 15) is 14.4 Å². The van der Waals surface area contributed by atoms with Gasteiger partial charge in [-0.1, -0.05) is 31.5 Å². The summed E-state index contributed by atoms with van der Waals surface area (Å²) in [5, 5.41) is 0. The van der Waals surface area contributed by atoms with E-state index in [0.717, 1.165) is 23.0 Å². The van der Waals surface area contributed by atoms with Crippen LogP contribution >= 0.6 is 0 Å². The minimum atomic E-state index is -0.579. The largest absolute Gasteiger partial charge is 0.333 e. The van der Waals surface area contributed by atoms with E-state index in [-0.39, 0.29) is 11.3 Å². The Morgan fingerprint density at radius 3 is 2.60 bits per heavy atom. The van der Waals surface area contributed by atoms with E-state index in [0.29, 0.717) is 5.69 Å². The number of benzene rings is 1. The van der Waals surface area contributed by atoms with Gasteiger partial charge in [-0.15, -0.1) is 0 Å². The van der Waals surface area contributed by atoms with Gasteiger partial charge in [-0.05, 0) is 25.0 Å². The lowest BCUT2D eigenvalue weighted by Crippen LogP contribution is -2.37. The number of carbonyl (C=O) groups is 1. The Balaban J connectivity index is 2.76. The molecular formula is C15H16N2O3. The SMILES string of the molecule is CCCc1ccccc1-n1c(=O)[nH]cc(C(C)=O)c1=O. The van der Waals surface area contributed by atoms with Gasteiger partial charge in [0.1, 0.15) is 0 Å². The number of nitrogens with zero attached hydrogens (tertiary/aromatic N) is 1. The number of hydrogen-bond donors (Lipinski definition) is 1. The number of aromatic nitrogens is 2. The highest BCUT2D eigenvalue weighted by molar-refractivity contribution is 5.93. The van der Waals surface area contributed by atoms with Gasteiger partial charge < -0.3 is 4.98 Å². The highest BCUT2D eigenvalue weighted by Crippen LogP contribution is 2.13. The van der Waals surface area contributed by atoms with Gasteiger partial charge in [-0.25, -0.2) is 9.36 Å². The number of carbonyl (C=O) groups excluding carboxylic acids is 1. The van der Waals surface area contributed by atoms with Crippen LogP contribution in [-0.4, -0.2) is 15.3 Å². The maximum atomic E-state index is 12.3. The lowest BCUT2D eigenvalue weighted by Gasteiger charge is -2.10. The molecule has 1 heterocycles. The summed E-state index contributed by atoms with van der Waals surface area (Å²) in [4.78, 5) is 38.2. The van der Waals surface area contributed by atoms with E-state index in [4.69, 9.17) is 0 Å². The Hall–Kier alpha value is -2.43. The maximum absolute atomic E-state index is 12.3. The minimum Gasteiger partial charge on any atom is -0.313 e. The first-order valence-electron chi connectivity index (χ1n) is 6.50. The van der Waals surface area contributed by atoms with Crippen molar-refractivity contribution in [2.24, 2.45) is 0 Å². The normalized spacial score (nSPS) is 10.5. The smallest absolute Gasteiger partial charge is 0.313 e. The van der Waals surface area contributed by atoms with Crippen molar-refractivity contribution in [2.75, 3.05) is 0 Å². The predicted molar refractivity (Wildman–Crippen MR) is 76.7 cm³/mol. The number of rotatable bonds is 4. The predicted octanol–water partition coefficient (Wildman–Crippen LogP) is 1.68. The molecule has 1 N–H and O–H groups in total. The molecule has 0 bridgehead atoms. The zero-order valence-electron chi connectivity index (χ0n) is 11.5. The highest BCUT2D eigenvalue weighted by Gasteiger charge is 2.14. The first-order chi connectivity index (χ1) is 9.56. The van der Waals surface area contributed by atoms with Crippen molar-refractivity contribution in [1.29, 1.82) is 0 Å². The van der Waals surface area contributed by atoms with Crippen molar-refractivity contribution < 1.29 is 4.79 Å². The molecule has 0 aliphatic heterocycles. The van der Waals surface area contributed by atoms with Gasteiger partial charge >= 0.3 is 5.69 Å². The van der Waals surface area contributed by atoms with Crippen LogP contribution < -0.4 is 11.2 Å². The minimum absolute atomic E-state index is 0.0177. The Bertz CT molecular complexity index is 756. The van der Waals surface area contributed by atoms with Gasteiger partial charge in [0.2, 0.25) is 0 Å². The van der Waals surface area contributed by atoms with Crippen LogP contribution in [0, 0.1) is 0 Å². The maximum Gasteiger partial charge on any atom is 0.333 e. The molecular weight excluding hydrogens is 256 g/mol. The van der Waals surface area contributed by atoms with Gasteiger partial charge in [-0.3, -0.25) is 9.59 Å². The number of aromatic amines is 1. The Kier molecular flexibility index (Phi) is 3.98.